The van der Waals surface area contributed by atoms with E-state index < -0.39 is 0 Å². The number of carbonyl (C=O) groups is 2. The summed E-state index contributed by atoms with van der Waals surface area (Å²) in [6.45, 7) is 4.90. The molecule has 3 N–H and O–H groups in total. The van der Waals surface area contributed by atoms with Crippen LogP contribution in [-0.4, -0.2) is 35.8 Å². The van der Waals surface area contributed by atoms with Crippen molar-refractivity contribution < 1.29 is 9.59 Å². The molecule has 0 saturated carbocycles. The molecule has 2 amide bonds. The number of likely N-dealkylation sites (tertiary alicyclic amines) is 1. The van der Waals surface area contributed by atoms with E-state index in [9.17, 15) is 9.59 Å². The van der Waals surface area contributed by atoms with Crippen LogP contribution in [0.15, 0.2) is 18.2 Å². The van der Waals surface area contributed by atoms with Gasteiger partial charge in [-0.05, 0) is 50.4 Å². The topological polar surface area (TPSA) is 75.4 Å². The van der Waals surface area contributed by atoms with Crippen LogP contribution in [0.25, 0.3) is 0 Å². The third-order valence-electron chi connectivity index (χ3n) is 3.96. The number of nitrogens with two attached hydrogens (primary N) is 1. The summed E-state index contributed by atoms with van der Waals surface area (Å²) in [5.41, 5.74) is 8.37. The molecule has 0 radical (unpaired) electrons. The van der Waals surface area contributed by atoms with Crippen molar-refractivity contribution in [3.63, 3.8) is 0 Å². The standard InChI is InChI=1S/C16H23N3O2/c1-11-6-7-12(2)13(9-11)18-15(20)10-19-8-4-3-5-14(19)16(17)21/h6-7,9,14H,3-5,8,10H2,1-2H3,(H2,17,21)(H,18,20). The molecule has 0 aromatic heterocycles. The van der Waals surface area contributed by atoms with E-state index in [-0.39, 0.29) is 24.4 Å². The fourth-order valence-corrected chi connectivity index (χ4v) is 2.75. The van der Waals surface area contributed by atoms with Crippen LogP contribution in [0.1, 0.15) is 30.4 Å². The zero-order valence-electron chi connectivity index (χ0n) is 12.7. The minimum Gasteiger partial charge on any atom is -0.368 e. The molecule has 114 valence electrons. The highest BCUT2D eigenvalue weighted by molar-refractivity contribution is 5.93. The van der Waals surface area contributed by atoms with E-state index in [1.165, 1.54) is 0 Å². The normalized spacial score (nSPS) is 19.2. The van der Waals surface area contributed by atoms with E-state index >= 15 is 0 Å². The van der Waals surface area contributed by atoms with Gasteiger partial charge in [0, 0.05) is 5.69 Å². The van der Waals surface area contributed by atoms with Gasteiger partial charge >= 0.3 is 0 Å². The summed E-state index contributed by atoms with van der Waals surface area (Å²) in [6.07, 6.45) is 2.73. The minimum absolute atomic E-state index is 0.100. The number of hydrogen-bond acceptors (Lipinski definition) is 3. The van der Waals surface area contributed by atoms with Gasteiger partial charge in [-0.15, -0.1) is 0 Å². The third kappa shape index (κ3) is 4.04. The number of anilines is 1. The van der Waals surface area contributed by atoms with Crippen LogP contribution in [0.4, 0.5) is 5.69 Å². The highest BCUT2D eigenvalue weighted by Crippen LogP contribution is 2.18. The molecule has 1 saturated heterocycles. The third-order valence-corrected chi connectivity index (χ3v) is 3.96. The van der Waals surface area contributed by atoms with Crippen LogP contribution in [0.5, 0.6) is 0 Å². The molecule has 0 aliphatic carbocycles. The van der Waals surface area contributed by atoms with Gasteiger partial charge in [-0.1, -0.05) is 18.6 Å². The quantitative estimate of drug-likeness (QED) is 0.883. The number of benzene rings is 1. The Balaban J connectivity index is 2.00. The molecule has 1 unspecified atom stereocenters. The van der Waals surface area contributed by atoms with Gasteiger partial charge < -0.3 is 11.1 Å². The molecule has 1 aliphatic rings. The number of rotatable bonds is 4. The Morgan fingerprint density at radius 3 is 2.81 bits per heavy atom. The Kier molecular flexibility index (Phi) is 4.96. The molecule has 1 aliphatic heterocycles. The summed E-state index contributed by atoms with van der Waals surface area (Å²) in [5.74, 6) is -0.439. The second-order valence-corrected chi connectivity index (χ2v) is 5.75. The second-order valence-electron chi connectivity index (χ2n) is 5.75. The summed E-state index contributed by atoms with van der Waals surface area (Å²) in [6, 6.07) is 5.63. The Morgan fingerprint density at radius 2 is 2.10 bits per heavy atom. The maximum atomic E-state index is 12.2. The lowest BCUT2D eigenvalue weighted by Gasteiger charge is -2.32. The molecule has 21 heavy (non-hydrogen) atoms. The van der Waals surface area contributed by atoms with Crippen molar-refractivity contribution in [2.45, 2.75) is 39.2 Å². The zero-order valence-corrected chi connectivity index (χ0v) is 12.7. The molecule has 1 fully saturated rings. The largest absolute Gasteiger partial charge is 0.368 e. The Morgan fingerprint density at radius 1 is 1.33 bits per heavy atom. The number of carbonyl (C=O) groups excluding carboxylic acids is 2. The van der Waals surface area contributed by atoms with Gasteiger partial charge in [0.05, 0.1) is 12.6 Å². The van der Waals surface area contributed by atoms with Gasteiger partial charge in [0.2, 0.25) is 11.8 Å². The van der Waals surface area contributed by atoms with Crippen molar-refractivity contribution >= 4 is 17.5 Å². The van der Waals surface area contributed by atoms with Gasteiger partial charge in [0.15, 0.2) is 0 Å². The molecule has 1 heterocycles. The van der Waals surface area contributed by atoms with Crippen molar-refractivity contribution in [3.8, 4) is 0 Å². The van der Waals surface area contributed by atoms with Crippen LogP contribution in [-0.2, 0) is 9.59 Å². The van der Waals surface area contributed by atoms with Crippen molar-refractivity contribution in [3.05, 3.63) is 29.3 Å². The molecule has 0 bridgehead atoms. The number of amides is 2. The van der Waals surface area contributed by atoms with E-state index in [0.29, 0.717) is 0 Å². The molecule has 1 atom stereocenters. The fourth-order valence-electron chi connectivity index (χ4n) is 2.75. The van der Waals surface area contributed by atoms with E-state index in [0.717, 1.165) is 42.6 Å². The first kappa shape index (κ1) is 15.5. The molecule has 5 heteroatoms. The second kappa shape index (κ2) is 6.72. The van der Waals surface area contributed by atoms with Gasteiger partial charge in [0.25, 0.3) is 0 Å². The first-order valence-electron chi connectivity index (χ1n) is 7.38. The van der Waals surface area contributed by atoms with Crippen molar-refractivity contribution in [1.29, 1.82) is 0 Å². The Bertz CT molecular complexity index is 542. The van der Waals surface area contributed by atoms with Gasteiger partial charge in [-0.3, -0.25) is 14.5 Å². The van der Waals surface area contributed by atoms with Crippen LogP contribution in [0.3, 0.4) is 0 Å². The van der Waals surface area contributed by atoms with E-state index in [1.807, 2.05) is 36.9 Å². The number of hydrogen-bond donors (Lipinski definition) is 2. The Hall–Kier alpha value is -1.88. The first-order valence-corrected chi connectivity index (χ1v) is 7.38. The monoisotopic (exact) mass is 289 g/mol. The van der Waals surface area contributed by atoms with E-state index in [2.05, 4.69) is 5.32 Å². The summed E-state index contributed by atoms with van der Waals surface area (Å²) in [4.78, 5) is 25.5. The van der Waals surface area contributed by atoms with Crippen molar-refractivity contribution in [1.82, 2.24) is 4.90 Å². The Labute approximate surface area is 125 Å². The lowest BCUT2D eigenvalue weighted by Crippen LogP contribution is -2.50. The average Bonchev–Trinajstić information content (AvgIpc) is 2.43. The fraction of sp³-hybridized carbons (Fsp3) is 0.500. The van der Waals surface area contributed by atoms with Crippen molar-refractivity contribution in [2.24, 2.45) is 5.73 Å². The predicted octanol–water partition coefficient (Wildman–Crippen LogP) is 1.58. The maximum Gasteiger partial charge on any atom is 0.238 e. The van der Waals surface area contributed by atoms with Gasteiger partial charge in [0.1, 0.15) is 0 Å². The lowest BCUT2D eigenvalue weighted by molar-refractivity contribution is -0.126. The van der Waals surface area contributed by atoms with Crippen LogP contribution >= 0.6 is 0 Å². The summed E-state index contributed by atoms with van der Waals surface area (Å²) in [7, 11) is 0. The van der Waals surface area contributed by atoms with Crippen LogP contribution in [0, 0.1) is 13.8 Å². The highest BCUT2D eigenvalue weighted by atomic mass is 16.2. The number of nitrogens with zero attached hydrogens (tertiary/aromatic N) is 1. The maximum absolute atomic E-state index is 12.2. The smallest absolute Gasteiger partial charge is 0.238 e. The lowest BCUT2D eigenvalue weighted by atomic mass is 10.0. The SMILES string of the molecule is Cc1ccc(C)c(NC(=O)CN2CCCCC2C(N)=O)c1. The van der Waals surface area contributed by atoms with Crippen LogP contribution in [0.2, 0.25) is 0 Å². The van der Waals surface area contributed by atoms with Gasteiger partial charge in [-0.2, -0.15) is 0 Å². The first-order chi connectivity index (χ1) is 9.97. The highest BCUT2D eigenvalue weighted by Gasteiger charge is 2.28. The number of aryl methyl sites for hydroxylation is 2. The zero-order chi connectivity index (χ0) is 15.4. The number of primary amides is 1. The summed E-state index contributed by atoms with van der Waals surface area (Å²) >= 11 is 0. The summed E-state index contributed by atoms with van der Waals surface area (Å²) < 4.78 is 0. The predicted molar refractivity (Wildman–Crippen MR) is 83.0 cm³/mol. The number of piperidine rings is 1. The van der Waals surface area contributed by atoms with Gasteiger partial charge in [-0.25, -0.2) is 0 Å². The molecule has 2 rings (SSSR count). The molecule has 0 spiro atoms. The molecular weight excluding hydrogens is 266 g/mol. The average molecular weight is 289 g/mol. The number of nitrogens with one attached hydrogen (secondary N) is 1. The van der Waals surface area contributed by atoms with E-state index in [4.69, 9.17) is 5.73 Å². The van der Waals surface area contributed by atoms with Crippen LogP contribution < -0.4 is 11.1 Å². The molecule has 1 aromatic rings. The molecule has 5 nitrogen and oxygen atoms in total. The van der Waals surface area contributed by atoms with E-state index in [1.54, 1.807) is 0 Å². The summed E-state index contributed by atoms with van der Waals surface area (Å²) in [5, 5.41) is 2.93. The minimum atomic E-state index is -0.339. The van der Waals surface area contributed by atoms with Crippen molar-refractivity contribution in [2.75, 3.05) is 18.4 Å². The molecule has 1 aromatic carbocycles. The molecular formula is C16H23N3O2.